The number of rotatable bonds is 5. The Kier molecular flexibility index (Phi) is 4.67. The second-order valence-electron chi connectivity index (χ2n) is 6.14. The highest BCUT2D eigenvalue weighted by molar-refractivity contribution is 5.96. The minimum Gasteiger partial charge on any atom is -0.449 e. The molecule has 0 spiro atoms. The van der Waals surface area contributed by atoms with Gasteiger partial charge in [-0.2, -0.15) is 10.1 Å². The van der Waals surface area contributed by atoms with Crippen LogP contribution in [-0.4, -0.2) is 30.9 Å². The summed E-state index contributed by atoms with van der Waals surface area (Å²) in [5, 5.41) is 8.30. The standard InChI is InChI=1S/C20H17N5O3/c1-13(19-22-14(2)24-28-19)27-20(26)17-12-25(16-8-4-3-5-9-16)23-18(17)15-7-6-10-21-11-15/h3-13H,1-2H3/t13-/m1/s1. The third-order valence-electron chi connectivity index (χ3n) is 4.06. The van der Waals surface area contributed by atoms with E-state index in [0.29, 0.717) is 22.6 Å². The van der Waals surface area contributed by atoms with Crippen molar-refractivity contribution in [2.75, 3.05) is 0 Å². The van der Waals surface area contributed by atoms with Crippen molar-refractivity contribution in [3.63, 3.8) is 0 Å². The van der Waals surface area contributed by atoms with E-state index >= 15 is 0 Å². The number of para-hydroxylation sites is 1. The van der Waals surface area contributed by atoms with Crippen LogP contribution in [0.5, 0.6) is 0 Å². The van der Waals surface area contributed by atoms with E-state index in [1.54, 1.807) is 43.2 Å². The van der Waals surface area contributed by atoms with Crippen LogP contribution in [0, 0.1) is 6.92 Å². The number of ether oxygens (including phenoxy) is 1. The van der Waals surface area contributed by atoms with Gasteiger partial charge < -0.3 is 9.26 Å². The van der Waals surface area contributed by atoms with Crippen molar-refractivity contribution < 1.29 is 14.1 Å². The van der Waals surface area contributed by atoms with E-state index in [-0.39, 0.29) is 5.89 Å². The summed E-state index contributed by atoms with van der Waals surface area (Å²) in [6, 6.07) is 13.1. The van der Waals surface area contributed by atoms with Gasteiger partial charge in [-0.15, -0.1) is 0 Å². The fourth-order valence-corrected chi connectivity index (χ4v) is 2.71. The summed E-state index contributed by atoms with van der Waals surface area (Å²) in [6.07, 6.45) is 4.27. The molecule has 0 radical (unpaired) electrons. The molecule has 28 heavy (non-hydrogen) atoms. The highest BCUT2D eigenvalue weighted by atomic mass is 16.6. The Bertz CT molecular complexity index is 1090. The monoisotopic (exact) mass is 375 g/mol. The molecule has 3 heterocycles. The van der Waals surface area contributed by atoms with E-state index in [1.165, 1.54) is 0 Å². The number of carbonyl (C=O) groups is 1. The molecule has 0 unspecified atom stereocenters. The van der Waals surface area contributed by atoms with E-state index in [4.69, 9.17) is 9.26 Å². The predicted octanol–water partition coefficient (Wildman–Crippen LogP) is 3.54. The fraction of sp³-hybridized carbons (Fsp3) is 0.150. The molecule has 0 N–H and O–H groups in total. The van der Waals surface area contributed by atoms with E-state index < -0.39 is 12.1 Å². The first-order valence-electron chi connectivity index (χ1n) is 8.68. The summed E-state index contributed by atoms with van der Waals surface area (Å²) in [4.78, 5) is 21.1. The largest absolute Gasteiger partial charge is 0.449 e. The molecule has 1 aromatic carbocycles. The summed E-state index contributed by atoms with van der Waals surface area (Å²) in [6.45, 7) is 3.38. The van der Waals surface area contributed by atoms with Gasteiger partial charge in [0.15, 0.2) is 11.9 Å². The maximum Gasteiger partial charge on any atom is 0.342 e. The van der Waals surface area contributed by atoms with Crippen LogP contribution in [0.25, 0.3) is 16.9 Å². The molecule has 0 bridgehead atoms. The molecule has 140 valence electrons. The second-order valence-corrected chi connectivity index (χ2v) is 6.14. The van der Waals surface area contributed by atoms with Crippen molar-refractivity contribution >= 4 is 5.97 Å². The molecule has 4 aromatic rings. The van der Waals surface area contributed by atoms with Crippen LogP contribution in [0.3, 0.4) is 0 Å². The summed E-state index contributed by atoms with van der Waals surface area (Å²) in [5.41, 5.74) is 2.34. The summed E-state index contributed by atoms with van der Waals surface area (Å²) in [7, 11) is 0. The number of esters is 1. The van der Waals surface area contributed by atoms with Crippen molar-refractivity contribution in [3.8, 4) is 16.9 Å². The lowest BCUT2D eigenvalue weighted by Crippen LogP contribution is -2.10. The summed E-state index contributed by atoms with van der Waals surface area (Å²) in [5.74, 6) is 0.180. The minimum absolute atomic E-state index is 0.240. The molecule has 8 nitrogen and oxygen atoms in total. The third-order valence-corrected chi connectivity index (χ3v) is 4.06. The molecule has 0 saturated carbocycles. The van der Waals surface area contributed by atoms with Crippen molar-refractivity contribution in [1.29, 1.82) is 0 Å². The van der Waals surface area contributed by atoms with Gasteiger partial charge in [0.05, 0.1) is 5.69 Å². The lowest BCUT2D eigenvalue weighted by molar-refractivity contribution is 0.0266. The average Bonchev–Trinajstić information content (AvgIpc) is 3.36. The van der Waals surface area contributed by atoms with E-state index in [2.05, 4.69) is 20.2 Å². The number of nitrogens with zero attached hydrogens (tertiary/aromatic N) is 5. The molecular formula is C20H17N5O3. The predicted molar refractivity (Wildman–Crippen MR) is 99.7 cm³/mol. The molecule has 0 amide bonds. The summed E-state index contributed by atoms with van der Waals surface area (Å²) >= 11 is 0. The zero-order chi connectivity index (χ0) is 19.5. The smallest absolute Gasteiger partial charge is 0.342 e. The number of pyridine rings is 1. The van der Waals surface area contributed by atoms with Crippen LogP contribution < -0.4 is 0 Å². The number of aryl methyl sites for hydroxylation is 1. The normalized spacial score (nSPS) is 11.9. The fourth-order valence-electron chi connectivity index (χ4n) is 2.71. The summed E-state index contributed by atoms with van der Waals surface area (Å²) < 4.78 is 12.3. The van der Waals surface area contributed by atoms with Crippen molar-refractivity contribution in [1.82, 2.24) is 24.9 Å². The minimum atomic E-state index is -0.685. The second kappa shape index (κ2) is 7.43. The number of hydrogen-bond donors (Lipinski definition) is 0. The maximum atomic E-state index is 12.9. The Hall–Kier alpha value is -3.81. The van der Waals surface area contributed by atoms with Gasteiger partial charge in [-0.1, -0.05) is 23.4 Å². The van der Waals surface area contributed by atoms with E-state index in [1.807, 2.05) is 36.4 Å². The van der Waals surface area contributed by atoms with Gasteiger partial charge in [-0.05, 0) is 38.1 Å². The first-order chi connectivity index (χ1) is 13.6. The van der Waals surface area contributed by atoms with Crippen LogP contribution in [-0.2, 0) is 4.74 Å². The average molecular weight is 375 g/mol. The Morgan fingerprint density at radius 3 is 2.68 bits per heavy atom. The van der Waals surface area contributed by atoms with Gasteiger partial charge in [-0.3, -0.25) is 4.98 Å². The lowest BCUT2D eigenvalue weighted by atomic mass is 10.1. The number of carbonyl (C=O) groups excluding carboxylic acids is 1. The zero-order valence-electron chi connectivity index (χ0n) is 15.3. The molecule has 0 aliphatic heterocycles. The van der Waals surface area contributed by atoms with Crippen LogP contribution in [0.2, 0.25) is 0 Å². The first kappa shape index (κ1) is 17.6. The van der Waals surface area contributed by atoms with Crippen LogP contribution >= 0.6 is 0 Å². The van der Waals surface area contributed by atoms with Crippen LogP contribution in [0.1, 0.15) is 35.1 Å². The number of aromatic nitrogens is 5. The zero-order valence-corrected chi connectivity index (χ0v) is 15.3. The van der Waals surface area contributed by atoms with Gasteiger partial charge in [0, 0.05) is 24.2 Å². The highest BCUT2D eigenvalue weighted by Crippen LogP contribution is 2.26. The van der Waals surface area contributed by atoms with Crippen molar-refractivity contribution in [2.45, 2.75) is 20.0 Å². The van der Waals surface area contributed by atoms with Gasteiger partial charge >= 0.3 is 5.97 Å². The van der Waals surface area contributed by atoms with Gasteiger partial charge in [0.1, 0.15) is 11.3 Å². The van der Waals surface area contributed by atoms with Gasteiger partial charge in [0.2, 0.25) is 0 Å². The van der Waals surface area contributed by atoms with E-state index in [0.717, 1.165) is 5.69 Å². The SMILES string of the molecule is Cc1noc([C@@H](C)OC(=O)c2cn(-c3ccccc3)nc2-c2cccnc2)n1. The molecule has 1 atom stereocenters. The molecule has 8 heteroatoms. The maximum absolute atomic E-state index is 12.9. The molecule has 0 fully saturated rings. The molecule has 0 aliphatic rings. The molecule has 4 rings (SSSR count). The Balaban J connectivity index is 1.70. The number of benzene rings is 1. The van der Waals surface area contributed by atoms with Gasteiger partial charge in [-0.25, -0.2) is 9.48 Å². The Labute approximate surface area is 160 Å². The Morgan fingerprint density at radius 2 is 2.00 bits per heavy atom. The van der Waals surface area contributed by atoms with Crippen LogP contribution in [0.4, 0.5) is 0 Å². The quantitative estimate of drug-likeness (QED) is 0.492. The van der Waals surface area contributed by atoms with E-state index in [9.17, 15) is 4.79 Å². The van der Waals surface area contributed by atoms with Crippen molar-refractivity contribution in [3.05, 3.63) is 78.3 Å². The topological polar surface area (TPSA) is 95.9 Å². The van der Waals surface area contributed by atoms with Crippen LogP contribution in [0.15, 0.2) is 65.6 Å². The Morgan fingerprint density at radius 1 is 1.18 bits per heavy atom. The van der Waals surface area contributed by atoms with Crippen molar-refractivity contribution in [2.24, 2.45) is 0 Å². The first-order valence-corrected chi connectivity index (χ1v) is 8.68. The number of hydrogen-bond acceptors (Lipinski definition) is 7. The molecular weight excluding hydrogens is 358 g/mol. The highest BCUT2D eigenvalue weighted by Gasteiger charge is 2.24. The lowest BCUT2D eigenvalue weighted by Gasteiger charge is -2.08. The molecule has 0 aliphatic carbocycles. The van der Waals surface area contributed by atoms with Gasteiger partial charge in [0.25, 0.3) is 5.89 Å². The molecule has 0 saturated heterocycles. The molecule has 3 aromatic heterocycles. The third kappa shape index (κ3) is 3.52.